The largest absolute Gasteiger partial charge is 0.457 e. The van der Waals surface area contributed by atoms with E-state index in [0.717, 1.165) is 55.1 Å². The van der Waals surface area contributed by atoms with Crippen LogP contribution in [0.25, 0.3) is 0 Å². The Morgan fingerprint density at radius 1 is 0.867 bits per heavy atom. The first-order valence-electron chi connectivity index (χ1n) is 10.5. The molecule has 1 saturated heterocycles. The number of rotatable bonds is 6. The third-order valence-corrected chi connectivity index (χ3v) is 5.95. The van der Waals surface area contributed by atoms with Crippen LogP contribution in [0.2, 0.25) is 0 Å². The van der Waals surface area contributed by atoms with Crippen molar-refractivity contribution in [1.29, 1.82) is 0 Å². The zero-order valence-corrected chi connectivity index (χ0v) is 17.6. The number of ether oxygens (including phenoxy) is 1. The zero-order chi connectivity index (χ0) is 20.9. The molecule has 3 aromatic carbocycles. The molecule has 4 rings (SSSR count). The van der Waals surface area contributed by atoms with Crippen LogP contribution in [-0.4, -0.2) is 37.4 Å². The topological polar surface area (TPSA) is 32.8 Å². The molecule has 0 spiro atoms. The summed E-state index contributed by atoms with van der Waals surface area (Å²) in [5.41, 5.74) is 4.31. The standard InChI is InChI=1S/C26H28N2O2/c1-20-18-24(11-8-23(20)19-29)28-16-14-27(15-17-28)21(2)22-9-12-26(13-10-22)30-25-6-4-3-5-7-25/h3-13,18-19,21H,14-17H2,1-2H3. The van der Waals surface area contributed by atoms with Gasteiger partial charge >= 0.3 is 0 Å². The van der Waals surface area contributed by atoms with E-state index in [1.165, 1.54) is 11.3 Å². The maximum Gasteiger partial charge on any atom is 0.150 e. The minimum Gasteiger partial charge on any atom is -0.457 e. The minimum absolute atomic E-state index is 0.358. The summed E-state index contributed by atoms with van der Waals surface area (Å²) < 4.78 is 5.91. The number of para-hydroxylation sites is 1. The molecule has 1 unspecified atom stereocenters. The van der Waals surface area contributed by atoms with Crippen LogP contribution in [0.4, 0.5) is 5.69 Å². The van der Waals surface area contributed by atoms with Crippen molar-refractivity contribution >= 4 is 12.0 Å². The number of benzene rings is 3. The highest BCUT2D eigenvalue weighted by molar-refractivity contribution is 5.78. The lowest BCUT2D eigenvalue weighted by Gasteiger charge is -2.39. The van der Waals surface area contributed by atoms with E-state index in [-0.39, 0.29) is 0 Å². The molecule has 1 atom stereocenters. The van der Waals surface area contributed by atoms with Gasteiger partial charge in [-0.25, -0.2) is 0 Å². The lowest BCUT2D eigenvalue weighted by Crippen LogP contribution is -2.47. The first-order chi connectivity index (χ1) is 14.6. The maximum atomic E-state index is 11.1. The number of hydrogen-bond acceptors (Lipinski definition) is 4. The van der Waals surface area contributed by atoms with Gasteiger partial charge in [-0.2, -0.15) is 0 Å². The monoisotopic (exact) mass is 400 g/mol. The second kappa shape index (κ2) is 9.14. The number of carbonyl (C=O) groups is 1. The second-order valence-electron chi connectivity index (χ2n) is 7.84. The Morgan fingerprint density at radius 3 is 2.17 bits per heavy atom. The van der Waals surface area contributed by atoms with Crippen LogP contribution in [0.15, 0.2) is 72.8 Å². The predicted molar refractivity (Wildman–Crippen MR) is 122 cm³/mol. The van der Waals surface area contributed by atoms with Gasteiger partial charge in [0.15, 0.2) is 0 Å². The lowest BCUT2D eigenvalue weighted by molar-refractivity contribution is 0.112. The van der Waals surface area contributed by atoms with Crippen molar-refractivity contribution in [2.24, 2.45) is 0 Å². The Balaban J connectivity index is 1.35. The van der Waals surface area contributed by atoms with E-state index < -0.39 is 0 Å². The van der Waals surface area contributed by atoms with Crippen LogP contribution >= 0.6 is 0 Å². The molecule has 30 heavy (non-hydrogen) atoms. The van der Waals surface area contributed by atoms with Crippen LogP contribution in [0.1, 0.15) is 34.5 Å². The summed E-state index contributed by atoms with van der Waals surface area (Å²) in [6.07, 6.45) is 0.925. The third kappa shape index (κ3) is 4.55. The van der Waals surface area contributed by atoms with Crippen molar-refractivity contribution < 1.29 is 9.53 Å². The fourth-order valence-corrected chi connectivity index (χ4v) is 4.01. The van der Waals surface area contributed by atoms with Crippen molar-refractivity contribution in [3.05, 3.63) is 89.5 Å². The van der Waals surface area contributed by atoms with Crippen LogP contribution < -0.4 is 9.64 Å². The molecule has 0 N–H and O–H groups in total. The molecule has 1 fully saturated rings. The van der Waals surface area contributed by atoms with Crippen LogP contribution in [0.3, 0.4) is 0 Å². The summed E-state index contributed by atoms with van der Waals surface area (Å²) in [4.78, 5) is 16.0. The Bertz CT molecular complexity index is 978. The first kappa shape index (κ1) is 20.2. The fraction of sp³-hybridized carbons (Fsp3) is 0.269. The molecular formula is C26H28N2O2. The molecule has 0 aromatic heterocycles. The SMILES string of the molecule is Cc1cc(N2CCN(C(C)c3ccc(Oc4ccccc4)cc3)CC2)ccc1C=O. The van der Waals surface area contributed by atoms with E-state index in [9.17, 15) is 4.79 Å². The molecule has 0 aliphatic carbocycles. The Kier molecular flexibility index (Phi) is 6.15. The highest BCUT2D eigenvalue weighted by Gasteiger charge is 2.22. The number of aldehydes is 1. The molecule has 1 aliphatic heterocycles. The van der Waals surface area contributed by atoms with Crippen LogP contribution in [0, 0.1) is 6.92 Å². The summed E-state index contributed by atoms with van der Waals surface area (Å²) in [6, 6.07) is 24.7. The number of nitrogens with zero attached hydrogens (tertiary/aromatic N) is 2. The normalized spacial score (nSPS) is 15.6. The Hall–Kier alpha value is -3.11. The van der Waals surface area contributed by atoms with E-state index in [0.29, 0.717) is 6.04 Å². The molecule has 4 nitrogen and oxygen atoms in total. The van der Waals surface area contributed by atoms with E-state index in [1.807, 2.05) is 55.5 Å². The van der Waals surface area contributed by atoms with E-state index in [2.05, 4.69) is 41.0 Å². The highest BCUT2D eigenvalue weighted by Crippen LogP contribution is 2.27. The van der Waals surface area contributed by atoms with Crippen LogP contribution in [0.5, 0.6) is 11.5 Å². The van der Waals surface area contributed by atoms with Crippen molar-refractivity contribution in [2.45, 2.75) is 19.9 Å². The third-order valence-electron chi connectivity index (χ3n) is 5.95. The number of hydrogen-bond donors (Lipinski definition) is 0. The number of piperazine rings is 1. The smallest absolute Gasteiger partial charge is 0.150 e. The highest BCUT2D eigenvalue weighted by atomic mass is 16.5. The molecule has 3 aromatic rings. The van der Waals surface area contributed by atoms with Gasteiger partial charge in [0.05, 0.1) is 0 Å². The van der Waals surface area contributed by atoms with Crippen molar-refractivity contribution in [3.63, 3.8) is 0 Å². The molecule has 1 aliphatic rings. The molecule has 0 radical (unpaired) electrons. The summed E-state index contributed by atoms with van der Waals surface area (Å²) >= 11 is 0. The molecule has 4 heteroatoms. The summed E-state index contributed by atoms with van der Waals surface area (Å²) in [7, 11) is 0. The molecule has 1 heterocycles. The average molecular weight is 401 g/mol. The molecule has 154 valence electrons. The van der Waals surface area contributed by atoms with Gasteiger partial charge < -0.3 is 9.64 Å². The molecule has 0 saturated carbocycles. The molecule has 0 bridgehead atoms. The summed E-state index contributed by atoms with van der Waals surface area (Å²) in [5, 5.41) is 0. The van der Waals surface area contributed by atoms with Gasteiger partial charge in [0.25, 0.3) is 0 Å². The van der Waals surface area contributed by atoms with Gasteiger partial charge in [-0.3, -0.25) is 9.69 Å². The van der Waals surface area contributed by atoms with Gasteiger partial charge in [0.2, 0.25) is 0 Å². The Morgan fingerprint density at radius 2 is 1.53 bits per heavy atom. The van der Waals surface area contributed by atoms with Gasteiger partial charge in [0.1, 0.15) is 17.8 Å². The molecule has 0 amide bonds. The minimum atomic E-state index is 0.358. The second-order valence-corrected chi connectivity index (χ2v) is 7.84. The van der Waals surface area contributed by atoms with Crippen molar-refractivity contribution in [2.75, 3.05) is 31.1 Å². The van der Waals surface area contributed by atoms with E-state index in [4.69, 9.17) is 4.74 Å². The first-order valence-corrected chi connectivity index (χ1v) is 10.5. The zero-order valence-electron chi connectivity index (χ0n) is 17.6. The number of aryl methyl sites for hydroxylation is 1. The maximum absolute atomic E-state index is 11.1. The summed E-state index contributed by atoms with van der Waals surface area (Å²) in [5.74, 6) is 1.71. The lowest BCUT2D eigenvalue weighted by atomic mass is 10.1. The summed E-state index contributed by atoms with van der Waals surface area (Å²) in [6.45, 7) is 8.26. The van der Waals surface area contributed by atoms with E-state index in [1.54, 1.807) is 0 Å². The average Bonchev–Trinajstić information content (AvgIpc) is 2.80. The number of anilines is 1. The van der Waals surface area contributed by atoms with E-state index >= 15 is 0 Å². The van der Waals surface area contributed by atoms with Crippen LogP contribution in [-0.2, 0) is 0 Å². The van der Waals surface area contributed by atoms with Gasteiger partial charge in [-0.15, -0.1) is 0 Å². The number of carbonyl (C=O) groups excluding carboxylic acids is 1. The van der Waals surface area contributed by atoms with Gasteiger partial charge in [-0.1, -0.05) is 30.3 Å². The predicted octanol–water partition coefficient (Wildman–Crippen LogP) is 5.48. The quantitative estimate of drug-likeness (QED) is 0.513. The van der Waals surface area contributed by atoms with Gasteiger partial charge in [0, 0.05) is 43.5 Å². The van der Waals surface area contributed by atoms with Crippen molar-refractivity contribution in [1.82, 2.24) is 4.90 Å². The molecular weight excluding hydrogens is 372 g/mol. The Labute approximate surface area is 178 Å². The fourth-order valence-electron chi connectivity index (χ4n) is 4.01. The van der Waals surface area contributed by atoms with Gasteiger partial charge in [-0.05, 0) is 67.4 Å². The van der Waals surface area contributed by atoms with Crippen molar-refractivity contribution in [3.8, 4) is 11.5 Å².